The molecule has 1 saturated heterocycles. The minimum absolute atomic E-state index is 0.161. The Labute approximate surface area is 118 Å². The smallest absolute Gasteiger partial charge is 0.407 e. The highest BCUT2D eigenvalue weighted by Gasteiger charge is 2.24. The maximum absolute atomic E-state index is 11.2. The van der Waals surface area contributed by atoms with Gasteiger partial charge in [0.05, 0.1) is 13.2 Å². The number of carbonyl (C=O) groups excluding carboxylic acids is 1. The fourth-order valence-electron chi connectivity index (χ4n) is 2.71. The molecular weight excluding hydrogens is 252 g/mol. The van der Waals surface area contributed by atoms with Gasteiger partial charge in [0, 0.05) is 18.8 Å². The van der Waals surface area contributed by atoms with Crippen LogP contribution in [-0.4, -0.2) is 32.3 Å². The number of carbonyl (C=O) groups is 1. The summed E-state index contributed by atoms with van der Waals surface area (Å²) in [6.45, 7) is 1.78. The highest BCUT2D eigenvalue weighted by molar-refractivity contribution is 5.85. The second-order valence-corrected chi connectivity index (χ2v) is 5.10. The Bertz CT molecular complexity index is 627. The number of ether oxygens (including phenoxy) is 1. The highest BCUT2D eigenvalue weighted by Crippen LogP contribution is 2.25. The number of hydrogen-bond donors (Lipinski definition) is 1. The molecule has 0 spiro atoms. The van der Waals surface area contributed by atoms with Crippen molar-refractivity contribution in [3.05, 3.63) is 42.5 Å². The number of anilines is 1. The Morgan fingerprint density at radius 2 is 2.05 bits per heavy atom. The van der Waals surface area contributed by atoms with Crippen LogP contribution in [0.4, 0.5) is 10.5 Å². The lowest BCUT2D eigenvalue weighted by Crippen LogP contribution is -2.36. The normalized spacial score (nSPS) is 18.2. The summed E-state index contributed by atoms with van der Waals surface area (Å²) >= 11 is 0. The van der Waals surface area contributed by atoms with Crippen LogP contribution >= 0.6 is 0 Å². The van der Waals surface area contributed by atoms with Crippen molar-refractivity contribution in [2.24, 2.45) is 0 Å². The van der Waals surface area contributed by atoms with Gasteiger partial charge in [0.2, 0.25) is 0 Å². The number of rotatable bonds is 2. The fourth-order valence-corrected chi connectivity index (χ4v) is 2.71. The lowest BCUT2D eigenvalue weighted by Gasteiger charge is -2.19. The standard InChI is InChI=1S/C16H18N2O2/c1-20-16(19)17-14-8-9-18(11-14)15-7-6-12-4-2-3-5-13(12)10-15/h2-7,10,14H,8-9,11H2,1H3,(H,17,19)/t14-/m1/s1. The molecule has 0 bridgehead atoms. The van der Waals surface area contributed by atoms with Crippen molar-refractivity contribution in [1.82, 2.24) is 5.32 Å². The fraction of sp³-hybridized carbons (Fsp3) is 0.312. The minimum Gasteiger partial charge on any atom is -0.453 e. The SMILES string of the molecule is COC(=O)N[C@@H]1CCN(c2ccc3ccccc3c2)C1. The van der Waals surface area contributed by atoms with E-state index in [0.717, 1.165) is 19.5 Å². The van der Waals surface area contributed by atoms with Gasteiger partial charge in [-0.15, -0.1) is 0 Å². The summed E-state index contributed by atoms with van der Waals surface area (Å²) in [4.78, 5) is 13.5. The predicted octanol–water partition coefficient (Wildman–Crippen LogP) is 2.77. The molecule has 1 N–H and O–H groups in total. The zero-order valence-electron chi connectivity index (χ0n) is 11.5. The molecule has 2 aromatic carbocycles. The largest absolute Gasteiger partial charge is 0.453 e. The van der Waals surface area contributed by atoms with E-state index in [0.29, 0.717) is 0 Å². The minimum atomic E-state index is -0.352. The molecule has 3 rings (SSSR count). The Morgan fingerprint density at radius 1 is 1.25 bits per heavy atom. The molecule has 104 valence electrons. The van der Waals surface area contributed by atoms with Crippen LogP contribution in [0.2, 0.25) is 0 Å². The molecule has 4 nitrogen and oxygen atoms in total. The molecule has 1 atom stereocenters. The number of nitrogens with zero attached hydrogens (tertiary/aromatic N) is 1. The first-order chi connectivity index (χ1) is 9.76. The number of amides is 1. The molecule has 0 aromatic heterocycles. The molecule has 1 heterocycles. The van der Waals surface area contributed by atoms with Gasteiger partial charge in [-0.05, 0) is 29.3 Å². The van der Waals surface area contributed by atoms with Crippen LogP contribution in [0.1, 0.15) is 6.42 Å². The molecule has 4 heteroatoms. The summed E-state index contributed by atoms with van der Waals surface area (Å²) in [6, 6.07) is 15.0. The van der Waals surface area contributed by atoms with E-state index in [1.807, 2.05) is 6.07 Å². The summed E-state index contributed by atoms with van der Waals surface area (Å²) in [7, 11) is 1.39. The predicted molar refractivity (Wildman–Crippen MR) is 80.1 cm³/mol. The molecule has 1 aliphatic heterocycles. The first kappa shape index (κ1) is 12.8. The van der Waals surface area contributed by atoms with Crippen LogP contribution < -0.4 is 10.2 Å². The highest BCUT2D eigenvalue weighted by atomic mass is 16.5. The molecule has 1 aliphatic rings. The third kappa shape index (κ3) is 2.54. The van der Waals surface area contributed by atoms with Gasteiger partial charge in [0.15, 0.2) is 0 Å². The second-order valence-electron chi connectivity index (χ2n) is 5.10. The Hall–Kier alpha value is -2.23. The average Bonchev–Trinajstić information content (AvgIpc) is 2.95. The monoisotopic (exact) mass is 270 g/mol. The van der Waals surface area contributed by atoms with Crippen molar-refractivity contribution in [1.29, 1.82) is 0 Å². The van der Waals surface area contributed by atoms with Gasteiger partial charge in [-0.3, -0.25) is 0 Å². The third-order valence-electron chi connectivity index (χ3n) is 3.79. The summed E-state index contributed by atoms with van der Waals surface area (Å²) in [5, 5.41) is 5.36. The molecule has 1 fully saturated rings. The van der Waals surface area contributed by atoms with Crippen molar-refractivity contribution in [2.75, 3.05) is 25.1 Å². The lowest BCUT2D eigenvalue weighted by molar-refractivity contribution is 0.167. The number of fused-ring (bicyclic) bond motifs is 1. The first-order valence-electron chi connectivity index (χ1n) is 6.84. The third-order valence-corrected chi connectivity index (χ3v) is 3.79. The van der Waals surface area contributed by atoms with Gasteiger partial charge in [0.1, 0.15) is 0 Å². The van der Waals surface area contributed by atoms with Gasteiger partial charge in [-0.2, -0.15) is 0 Å². The Morgan fingerprint density at radius 3 is 2.85 bits per heavy atom. The van der Waals surface area contributed by atoms with Crippen LogP contribution in [0.3, 0.4) is 0 Å². The van der Waals surface area contributed by atoms with Crippen molar-refractivity contribution in [2.45, 2.75) is 12.5 Å². The van der Waals surface area contributed by atoms with Gasteiger partial charge < -0.3 is 15.0 Å². The topological polar surface area (TPSA) is 41.6 Å². The van der Waals surface area contributed by atoms with E-state index in [1.165, 1.54) is 23.6 Å². The summed E-state index contributed by atoms with van der Waals surface area (Å²) in [6.07, 6.45) is 0.595. The van der Waals surface area contributed by atoms with Crippen molar-refractivity contribution < 1.29 is 9.53 Å². The number of benzene rings is 2. The van der Waals surface area contributed by atoms with Crippen LogP contribution in [0.25, 0.3) is 10.8 Å². The van der Waals surface area contributed by atoms with Crippen LogP contribution in [0.15, 0.2) is 42.5 Å². The Kier molecular flexibility index (Phi) is 3.46. The lowest BCUT2D eigenvalue weighted by atomic mass is 10.1. The summed E-state index contributed by atoms with van der Waals surface area (Å²) < 4.78 is 4.64. The molecule has 2 aromatic rings. The average molecular weight is 270 g/mol. The number of nitrogens with one attached hydrogen (secondary N) is 1. The van der Waals surface area contributed by atoms with Gasteiger partial charge >= 0.3 is 6.09 Å². The van der Waals surface area contributed by atoms with Crippen molar-refractivity contribution in [3.63, 3.8) is 0 Å². The van der Waals surface area contributed by atoms with E-state index in [9.17, 15) is 4.79 Å². The Balaban J connectivity index is 1.74. The van der Waals surface area contributed by atoms with Gasteiger partial charge in [0.25, 0.3) is 0 Å². The van der Waals surface area contributed by atoms with E-state index >= 15 is 0 Å². The molecule has 0 radical (unpaired) electrons. The maximum atomic E-state index is 11.2. The van der Waals surface area contributed by atoms with Crippen LogP contribution in [-0.2, 0) is 4.74 Å². The first-order valence-corrected chi connectivity index (χ1v) is 6.84. The van der Waals surface area contributed by atoms with Crippen LogP contribution in [0.5, 0.6) is 0 Å². The van der Waals surface area contributed by atoms with E-state index < -0.39 is 0 Å². The quantitative estimate of drug-likeness (QED) is 0.912. The number of methoxy groups -OCH3 is 1. The zero-order chi connectivity index (χ0) is 13.9. The summed E-state index contributed by atoms with van der Waals surface area (Å²) in [5.74, 6) is 0. The van der Waals surface area contributed by atoms with Crippen molar-refractivity contribution >= 4 is 22.6 Å². The maximum Gasteiger partial charge on any atom is 0.407 e. The molecule has 0 saturated carbocycles. The molecule has 20 heavy (non-hydrogen) atoms. The van der Waals surface area contributed by atoms with Crippen LogP contribution in [0, 0.1) is 0 Å². The summed E-state index contributed by atoms with van der Waals surface area (Å²) in [5.41, 5.74) is 1.21. The zero-order valence-corrected chi connectivity index (χ0v) is 11.5. The number of hydrogen-bond acceptors (Lipinski definition) is 3. The van der Waals surface area contributed by atoms with E-state index in [1.54, 1.807) is 0 Å². The van der Waals surface area contributed by atoms with Gasteiger partial charge in [-0.1, -0.05) is 30.3 Å². The molecule has 0 unspecified atom stereocenters. The molecule has 1 amide bonds. The van der Waals surface area contributed by atoms with E-state index in [4.69, 9.17) is 0 Å². The van der Waals surface area contributed by atoms with Crippen molar-refractivity contribution in [3.8, 4) is 0 Å². The van der Waals surface area contributed by atoms with Gasteiger partial charge in [-0.25, -0.2) is 4.79 Å². The number of alkyl carbamates (subject to hydrolysis) is 1. The second kappa shape index (κ2) is 5.41. The van der Waals surface area contributed by atoms with E-state index in [-0.39, 0.29) is 12.1 Å². The van der Waals surface area contributed by atoms with E-state index in [2.05, 4.69) is 51.4 Å². The molecular formula is C16H18N2O2. The molecule has 0 aliphatic carbocycles.